The maximum absolute atomic E-state index is 12.0. The summed E-state index contributed by atoms with van der Waals surface area (Å²) in [6.45, 7) is 0.121. The van der Waals surface area contributed by atoms with Gasteiger partial charge in [0.25, 0.3) is 0 Å². The van der Waals surface area contributed by atoms with E-state index in [0.29, 0.717) is 16.3 Å². The minimum absolute atomic E-state index is 0.121. The van der Waals surface area contributed by atoms with E-state index < -0.39 is 0 Å². The summed E-state index contributed by atoms with van der Waals surface area (Å²) >= 11 is 9.38. The first kappa shape index (κ1) is 14.4. The number of nitrogens with zero attached hydrogens (tertiary/aromatic N) is 1. The van der Waals surface area contributed by atoms with E-state index in [-0.39, 0.29) is 12.3 Å². The van der Waals surface area contributed by atoms with Crippen molar-refractivity contribution in [2.75, 3.05) is 27.8 Å². The summed E-state index contributed by atoms with van der Waals surface area (Å²) in [6.07, 6.45) is 0. The van der Waals surface area contributed by atoms with Crippen molar-refractivity contribution in [1.82, 2.24) is 5.06 Å². The average molecular weight is 323 g/mol. The van der Waals surface area contributed by atoms with E-state index in [1.165, 1.54) is 19.3 Å². The summed E-state index contributed by atoms with van der Waals surface area (Å²) < 4.78 is 5.83. The van der Waals surface area contributed by atoms with Crippen LogP contribution in [0.5, 0.6) is 5.75 Å². The first-order valence-corrected chi connectivity index (χ1v) is 5.98. The number of Topliss-reactive ketones (excluding diaryl/α,β-unsaturated/α-hetero) is 1. The molecule has 0 radical (unpaired) electrons. The van der Waals surface area contributed by atoms with Crippen molar-refractivity contribution < 1.29 is 14.4 Å². The Hall–Kier alpha value is -0.620. The quantitative estimate of drug-likeness (QED) is 0.617. The Labute approximate surface area is 114 Å². The number of ether oxygens (including phenoxy) is 1. The number of hydrogen-bond acceptors (Lipinski definition) is 4. The number of benzene rings is 1. The number of carbonyl (C=O) groups excluding carboxylic acids is 1. The maximum atomic E-state index is 12.0. The molecule has 17 heavy (non-hydrogen) atoms. The molecule has 0 atom stereocenters. The molecule has 1 aromatic carbocycles. The fourth-order valence-corrected chi connectivity index (χ4v) is 2.00. The second-order valence-electron chi connectivity index (χ2n) is 3.36. The molecule has 4 nitrogen and oxygen atoms in total. The molecule has 0 aliphatic rings. The summed E-state index contributed by atoms with van der Waals surface area (Å²) in [5, 5.41) is 1.73. The van der Waals surface area contributed by atoms with Crippen LogP contribution in [0.3, 0.4) is 0 Å². The zero-order chi connectivity index (χ0) is 13.0. The molecule has 0 amide bonds. The van der Waals surface area contributed by atoms with E-state index in [1.54, 1.807) is 19.2 Å². The monoisotopic (exact) mass is 321 g/mol. The van der Waals surface area contributed by atoms with Crippen LogP contribution in [0.2, 0.25) is 5.02 Å². The zero-order valence-corrected chi connectivity index (χ0v) is 12.1. The second kappa shape index (κ2) is 6.35. The minimum Gasteiger partial charge on any atom is -0.495 e. The zero-order valence-electron chi connectivity index (χ0n) is 9.79. The molecule has 0 bridgehead atoms. The van der Waals surface area contributed by atoms with Gasteiger partial charge in [0, 0.05) is 17.1 Å². The van der Waals surface area contributed by atoms with Crippen LogP contribution in [0.15, 0.2) is 16.6 Å². The van der Waals surface area contributed by atoms with Crippen molar-refractivity contribution in [3.05, 3.63) is 27.2 Å². The van der Waals surface area contributed by atoms with Crippen LogP contribution in [0.1, 0.15) is 10.4 Å². The first-order valence-electron chi connectivity index (χ1n) is 4.81. The third-order valence-corrected chi connectivity index (χ3v) is 3.05. The molecule has 1 rings (SSSR count). The standard InChI is InChI=1S/C11H13BrClNO3/c1-14(17-3)6-9(15)8-4-7(12)5-10(16-2)11(8)13/h4-5H,6H2,1-3H3. The third-order valence-electron chi connectivity index (χ3n) is 2.20. The Morgan fingerprint density at radius 1 is 1.47 bits per heavy atom. The van der Waals surface area contributed by atoms with Gasteiger partial charge < -0.3 is 9.57 Å². The van der Waals surface area contributed by atoms with Crippen LogP contribution in [-0.4, -0.2) is 38.7 Å². The van der Waals surface area contributed by atoms with Crippen LogP contribution in [0.25, 0.3) is 0 Å². The van der Waals surface area contributed by atoms with E-state index in [0.717, 1.165) is 4.47 Å². The summed E-state index contributed by atoms with van der Waals surface area (Å²) in [5.74, 6) is 0.323. The Morgan fingerprint density at radius 3 is 2.65 bits per heavy atom. The highest BCUT2D eigenvalue weighted by Gasteiger charge is 2.17. The second-order valence-corrected chi connectivity index (χ2v) is 4.65. The molecule has 0 unspecified atom stereocenters. The van der Waals surface area contributed by atoms with Crippen molar-refractivity contribution >= 4 is 33.3 Å². The Kier molecular flexibility index (Phi) is 5.39. The predicted molar refractivity (Wildman–Crippen MR) is 69.7 cm³/mol. The van der Waals surface area contributed by atoms with Crippen LogP contribution in [0.4, 0.5) is 0 Å². The Morgan fingerprint density at radius 2 is 2.12 bits per heavy atom. The first-order chi connectivity index (χ1) is 7.99. The number of hydroxylamine groups is 2. The molecule has 0 saturated heterocycles. The van der Waals surface area contributed by atoms with Crippen LogP contribution in [-0.2, 0) is 4.84 Å². The van der Waals surface area contributed by atoms with Crippen molar-refractivity contribution in [2.45, 2.75) is 0 Å². The van der Waals surface area contributed by atoms with Gasteiger partial charge in [-0.3, -0.25) is 4.79 Å². The number of halogens is 2. The van der Waals surface area contributed by atoms with Crippen LogP contribution >= 0.6 is 27.5 Å². The van der Waals surface area contributed by atoms with Crippen LogP contribution < -0.4 is 4.74 Å². The molecular weight excluding hydrogens is 309 g/mol. The summed E-state index contributed by atoms with van der Waals surface area (Å²) in [4.78, 5) is 16.9. The van der Waals surface area contributed by atoms with Gasteiger partial charge in [0.2, 0.25) is 0 Å². The van der Waals surface area contributed by atoms with Gasteiger partial charge in [-0.1, -0.05) is 27.5 Å². The molecule has 0 aliphatic carbocycles. The Balaban J connectivity index is 3.04. The van der Waals surface area contributed by atoms with Crippen molar-refractivity contribution in [3.8, 4) is 5.75 Å². The molecule has 0 saturated carbocycles. The summed E-state index contributed by atoms with van der Waals surface area (Å²) in [7, 11) is 4.67. The highest BCUT2D eigenvalue weighted by Crippen LogP contribution is 2.32. The average Bonchev–Trinajstić information content (AvgIpc) is 2.31. The topological polar surface area (TPSA) is 38.8 Å². The SMILES string of the molecule is COc1cc(Br)cc(C(=O)CN(C)OC)c1Cl. The molecule has 0 N–H and O–H groups in total. The number of carbonyl (C=O) groups is 1. The lowest BCUT2D eigenvalue weighted by molar-refractivity contribution is -0.100. The number of likely N-dealkylation sites (N-methyl/N-ethyl adjacent to an activating group) is 1. The van der Waals surface area contributed by atoms with E-state index >= 15 is 0 Å². The molecule has 0 spiro atoms. The minimum atomic E-state index is -0.140. The van der Waals surface area contributed by atoms with E-state index in [1.807, 2.05) is 0 Å². The third kappa shape index (κ3) is 3.67. The van der Waals surface area contributed by atoms with Crippen molar-refractivity contribution in [3.63, 3.8) is 0 Å². The lowest BCUT2D eigenvalue weighted by Crippen LogP contribution is -2.25. The van der Waals surface area contributed by atoms with E-state index in [9.17, 15) is 4.79 Å². The number of ketones is 1. The molecular formula is C11H13BrClNO3. The molecule has 1 aromatic rings. The van der Waals surface area contributed by atoms with Gasteiger partial charge in [-0.2, -0.15) is 5.06 Å². The smallest absolute Gasteiger partial charge is 0.180 e. The highest BCUT2D eigenvalue weighted by atomic mass is 79.9. The van der Waals surface area contributed by atoms with Gasteiger partial charge in [-0.05, 0) is 12.1 Å². The fraction of sp³-hybridized carbons (Fsp3) is 0.364. The lowest BCUT2D eigenvalue weighted by Gasteiger charge is -2.14. The van der Waals surface area contributed by atoms with Crippen molar-refractivity contribution in [1.29, 1.82) is 0 Å². The summed E-state index contributed by atoms with van der Waals surface area (Å²) in [5.41, 5.74) is 0.404. The maximum Gasteiger partial charge on any atom is 0.180 e. The molecule has 6 heteroatoms. The number of methoxy groups -OCH3 is 1. The molecule has 0 fully saturated rings. The van der Waals surface area contributed by atoms with Crippen molar-refractivity contribution in [2.24, 2.45) is 0 Å². The molecule has 0 aliphatic heterocycles. The molecule has 0 aromatic heterocycles. The normalized spacial score (nSPS) is 10.7. The fourth-order valence-electron chi connectivity index (χ4n) is 1.27. The predicted octanol–water partition coefficient (Wildman–Crippen LogP) is 2.79. The van der Waals surface area contributed by atoms with Gasteiger partial charge >= 0.3 is 0 Å². The van der Waals surface area contributed by atoms with Gasteiger partial charge in [0.1, 0.15) is 5.75 Å². The largest absolute Gasteiger partial charge is 0.495 e. The van der Waals surface area contributed by atoms with E-state index in [2.05, 4.69) is 15.9 Å². The van der Waals surface area contributed by atoms with Gasteiger partial charge in [-0.25, -0.2) is 0 Å². The summed E-state index contributed by atoms with van der Waals surface area (Å²) in [6, 6.07) is 3.37. The molecule has 94 valence electrons. The van der Waals surface area contributed by atoms with Gasteiger partial charge in [0.05, 0.1) is 25.8 Å². The number of rotatable bonds is 5. The number of hydrogen-bond donors (Lipinski definition) is 0. The highest BCUT2D eigenvalue weighted by molar-refractivity contribution is 9.10. The van der Waals surface area contributed by atoms with Gasteiger partial charge in [0.15, 0.2) is 5.78 Å². The lowest BCUT2D eigenvalue weighted by atomic mass is 10.1. The Bertz CT molecular complexity index is 425. The van der Waals surface area contributed by atoms with Gasteiger partial charge in [-0.15, -0.1) is 0 Å². The van der Waals surface area contributed by atoms with E-state index in [4.69, 9.17) is 21.2 Å². The van der Waals surface area contributed by atoms with Crippen LogP contribution in [0, 0.1) is 0 Å². The molecule has 0 heterocycles.